The van der Waals surface area contributed by atoms with E-state index in [0.717, 1.165) is 33.9 Å². The molecule has 170 valence electrons. The number of imidazole rings is 1. The molecular formula is C26H22N4O3S. The minimum atomic E-state index is -0.246. The molecule has 1 N–H and O–H groups in total. The highest BCUT2D eigenvalue weighted by atomic mass is 32.1. The van der Waals surface area contributed by atoms with Gasteiger partial charge in [-0.3, -0.25) is 10.1 Å². The highest BCUT2D eigenvalue weighted by molar-refractivity contribution is 7.14. The predicted octanol–water partition coefficient (Wildman–Crippen LogP) is 5.61. The third-order valence-corrected chi connectivity index (χ3v) is 6.08. The van der Waals surface area contributed by atoms with Crippen molar-refractivity contribution < 1.29 is 14.3 Å². The maximum Gasteiger partial charge on any atom is 0.257 e. The van der Waals surface area contributed by atoms with E-state index in [9.17, 15) is 4.79 Å². The molecule has 7 nitrogen and oxygen atoms in total. The summed E-state index contributed by atoms with van der Waals surface area (Å²) in [5.74, 6) is 1.13. The molecule has 3 aromatic heterocycles. The van der Waals surface area contributed by atoms with Gasteiger partial charge in [0.1, 0.15) is 23.8 Å². The van der Waals surface area contributed by atoms with Gasteiger partial charge in [-0.2, -0.15) is 0 Å². The molecule has 2 aromatic carbocycles. The number of amides is 1. The van der Waals surface area contributed by atoms with E-state index >= 15 is 0 Å². The zero-order chi connectivity index (χ0) is 23.5. The maximum atomic E-state index is 12.8. The van der Waals surface area contributed by atoms with Crippen LogP contribution >= 0.6 is 11.3 Å². The summed E-state index contributed by atoms with van der Waals surface area (Å²) in [6.07, 6.45) is 3.91. The number of ether oxygens (including phenoxy) is 2. The van der Waals surface area contributed by atoms with E-state index < -0.39 is 0 Å². The van der Waals surface area contributed by atoms with Gasteiger partial charge in [0.2, 0.25) is 0 Å². The standard InChI is InChI=1S/C26H22N4O3S/c1-17-5-4-12-30-14-20(27-24(17)30)15-33-22-7-3-6-19(13-22)25(31)29-26-28-23(16-34-26)18-8-10-21(32-2)11-9-18/h3-14,16H,15H2,1-2H3,(H,28,29,31). The third-order valence-electron chi connectivity index (χ3n) is 5.32. The molecule has 0 radical (unpaired) electrons. The topological polar surface area (TPSA) is 77.8 Å². The van der Waals surface area contributed by atoms with Crippen molar-refractivity contribution in [2.45, 2.75) is 13.5 Å². The van der Waals surface area contributed by atoms with E-state index in [4.69, 9.17) is 9.47 Å². The maximum absolute atomic E-state index is 12.8. The van der Waals surface area contributed by atoms with Crippen molar-refractivity contribution in [1.29, 1.82) is 0 Å². The number of hydrogen-bond donors (Lipinski definition) is 1. The average Bonchev–Trinajstić information content (AvgIpc) is 3.51. The number of pyridine rings is 1. The normalized spacial score (nSPS) is 10.9. The molecule has 0 fully saturated rings. The summed E-state index contributed by atoms with van der Waals surface area (Å²) >= 11 is 1.38. The molecule has 3 heterocycles. The van der Waals surface area contributed by atoms with E-state index in [1.807, 2.05) is 71.6 Å². The lowest BCUT2D eigenvalue weighted by atomic mass is 10.2. The first-order chi connectivity index (χ1) is 16.6. The summed E-state index contributed by atoms with van der Waals surface area (Å²) in [6, 6.07) is 18.7. The van der Waals surface area contributed by atoms with Crippen molar-refractivity contribution in [2.75, 3.05) is 12.4 Å². The number of thiazole rings is 1. The molecule has 5 rings (SSSR count). The molecule has 5 aromatic rings. The van der Waals surface area contributed by atoms with Gasteiger partial charge in [-0.1, -0.05) is 12.1 Å². The van der Waals surface area contributed by atoms with Gasteiger partial charge in [0.05, 0.1) is 18.5 Å². The van der Waals surface area contributed by atoms with Crippen molar-refractivity contribution in [3.05, 3.63) is 95.3 Å². The lowest BCUT2D eigenvalue weighted by Crippen LogP contribution is -2.11. The van der Waals surface area contributed by atoms with Crippen LogP contribution < -0.4 is 14.8 Å². The van der Waals surface area contributed by atoms with Gasteiger partial charge in [-0.15, -0.1) is 11.3 Å². The molecule has 0 aliphatic rings. The highest BCUT2D eigenvalue weighted by Gasteiger charge is 2.12. The van der Waals surface area contributed by atoms with Crippen molar-refractivity contribution in [3.8, 4) is 22.8 Å². The average molecular weight is 471 g/mol. The number of nitrogens with zero attached hydrogens (tertiary/aromatic N) is 3. The highest BCUT2D eigenvalue weighted by Crippen LogP contribution is 2.27. The first-order valence-corrected chi connectivity index (χ1v) is 11.5. The summed E-state index contributed by atoms with van der Waals surface area (Å²) in [6.45, 7) is 2.33. The molecule has 0 saturated carbocycles. The van der Waals surface area contributed by atoms with Crippen LogP contribution in [0.5, 0.6) is 11.5 Å². The Labute approximate surface area is 200 Å². The second-order valence-corrected chi connectivity index (χ2v) is 8.55. The van der Waals surface area contributed by atoms with Crippen LogP contribution in [0.1, 0.15) is 21.6 Å². The number of aromatic nitrogens is 3. The number of carbonyl (C=O) groups is 1. The molecule has 0 spiro atoms. The number of aryl methyl sites for hydroxylation is 1. The van der Waals surface area contributed by atoms with Gasteiger partial charge in [0, 0.05) is 28.9 Å². The van der Waals surface area contributed by atoms with Crippen LogP contribution in [0.2, 0.25) is 0 Å². The van der Waals surface area contributed by atoms with E-state index in [0.29, 0.717) is 23.1 Å². The van der Waals surface area contributed by atoms with Crippen LogP contribution in [-0.4, -0.2) is 27.4 Å². The van der Waals surface area contributed by atoms with E-state index in [1.54, 1.807) is 25.3 Å². The molecule has 0 aliphatic heterocycles. The Morgan fingerprint density at radius 2 is 1.91 bits per heavy atom. The number of rotatable bonds is 7. The fourth-order valence-electron chi connectivity index (χ4n) is 3.55. The van der Waals surface area contributed by atoms with Crippen molar-refractivity contribution in [1.82, 2.24) is 14.4 Å². The number of fused-ring (bicyclic) bond motifs is 1. The van der Waals surface area contributed by atoms with E-state index in [1.165, 1.54) is 11.3 Å². The number of nitrogens with one attached hydrogen (secondary N) is 1. The number of anilines is 1. The van der Waals surface area contributed by atoms with Crippen LogP contribution in [0.4, 0.5) is 5.13 Å². The van der Waals surface area contributed by atoms with Gasteiger partial charge in [-0.25, -0.2) is 9.97 Å². The zero-order valence-electron chi connectivity index (χ0n) is 18.7. The molecule has 0 unspecified atom stereocenters. The van der Waals surface area contributed by atoms with Crippen LogP contribution in [0.25, 0.3) is 16.9 Å². The van der Waals surface area contributed by atoms with Gasteiger partial charge >= 0.3 is 0 Å². The molecule has 34 heavy (non-hydrogen) atoms. The number of benzene rings is 2. The molecule has 0 bridgehead atoms. The number of hydrogen-bond acceptors (Lipinski definition) is 6. The first kappa shape index (κ1) is 21.7. The van der Waals surface area contributed by atoms with Crippen LogP contribution in [0.15, 0.2) is 78.4 Å². The monoisotopic (exact) mass is 470 g/mol. The smallest absolute Gasteiger partial charge is 0.257 e. The summed E-state index contributed by atoms with van der Waals surface area (Å²) in [5.41, 5.74) is 5.07. The van der Waals surface area contributed by atoms with Gasteiger partial charge in [0.25, 0.3) is 5.91 Å². The van der Waals surface area contributed by atoms with Crippen LogP contribution in [-0.2, 0) is 6.61 Å². The van der Waals surface area contributed by atoms with Gasteiger partial charge < -0.3 is 13.9 Å². The summed E-state index contributed by atoms with van der Waals surface area (Å²) in [5, 5.41) is 5.31. The zero-order valence-corrected chi connectivity index (χ0v) is 19.5. The lowest BCUT2D eigenvalue weighted by Gasteiger charge is -2.07. The lowest BCUT2D eigenvalue weighted by molar-refractivity contribution is 0.102. The van der Waals surface area contributed by atoms with Crippen molar-refractivity contribution in [3.63, 3.8) is 0 Å². The van der Waals surface area contributed by atoms with Gasteiger partial charge in [0.15, 0.2) is 5.13 Å². The second kappa shape index (κ2) is 9.36. The molecule has 0 aliphatic carbocycles. The Hall–Kier alpha value is -4.17. The third kappa shape index (κ3) is 4.62. The fourth-order valence-corrected chi connectivity index (χ4v) is 4.27. The summed E-state index contributed by atoms with van der Waals surface area (Å²) < 4.78 is 13.1. The van der Waals surface area contributed by atoms with Crippen LogP contribution in [0.3, 0.4) is 0 Å². The Morgan fingerprint density at radius 1 is 1.06 bits per heavy atom. The number of methoxy groups -OCH3 is 1. The van der Waals surface area contributed by atoms with E-state index in [2.05, 4.69) is 15.3 Å². The molecule has 0 saturated heterocycles. The minimum Gasteiger partial charge on any atom is -0.497 e. The Kier molecular flexibility index (Phi) is 5.97. The minimum absolute atomic E-state index is 0.246. The summed E-state index contributed by atoms with van der Waals surface area (Å²) in [7, 11) is 1.63. The number of carbonyl (C=O) groups excluding carboxylic acids is 1. The van der Waals surface area contributed by atoms with Crippen molar-refractivity contribution >= 4 is 28.0 Å². The van der Waals surface area contributed by atoms with Gasteiger partial charge in [-0.05, 0) is 61.0 Å². The molecule has 8 heteroatoms. The Bertz CT molecular complexity index is 1460. The van der Waals surface area contributed by atoms with Crippen LogP contribution in [0, 0.1) is 6.92 Å². The first-order valence-electron chi connectivity index (χ1n) is 10.7. The van der Waals surface area contributed by atoms with E-state index in [-0.39, 0.29) is 5.91 Å². The Morgan fingerprint density at radius 3 is 2.71 bits per heavy atom. The fraction of sp³-hybridized carbons (Fsp3) is 0.115. The quantitative estimate of drug-likeness (QED) is 0.335. The summed E-state index contributed by atoms with van der Waals surface area (Å²) in [4.78, 5) is 21.9. The molecule has 0 atom stereocenters. The largest absolute Gasteiger partial charge is 0.497 e. The Balaban J connectivity index is 1.24. The predicted molar refractivity (Wildman–Crippen MR) is 133 cm³/mol. The van der Waals surface area contributed by atoms with Crippen molar-refractivity contribution in [2.24, 2.45) is 0 Å². The molecular weight excluding hydrogens is 448 g/mol. The molecule has 1 amide bonds. The second-order valence-electron chi connectivity index (χ2n) is 7.69. The SMILES string of the molecule is COc1ccc(-c2csc(NC(=O)c3cccc(OCc4cn5cccc(C)c5n4)c3)n2)cc1.